The van der Waals surface area contributed by atoms with E-state index in [0.29, 0.717) is 13.0 Å². The van der Waals surface area contributed by atoms with Crippen molar-refractivity contribution >= 4 is 5.91 Å². The summed E-state index contributed by atoms with van der Waals surface area (Å²) < 4.78 is 4.93. The highest BCUT2D eigenvalue weighted by Crippen LogP contribution is 2.10. The van der Waals surface area contributed by atoms with E-state index in [1.54, 1.807) is 31.5 Å². The van der Waals surface area contributed by atoms with Crippen molar-refractivity contribution in [2.24, 2.45) is 11.7 Å². The van der Waals surface area contributed by atoms with Gasteiger partial charge >= 0.3 is 0 Å². The lowest BCUT2D eigenvalue weighted by Gasteiger charge is -2.18. The minimum atomic E-state index is -0.150. The molecule has 0 saturated heterocycles. The normalized spacial score (nSPS) is 12.5. The molecule has 78 valence electrons. The molecule has 0 saturated carbocycles. The second kappa shape index (κ2) is 4.81. The molecule has 1 rings (SSSR count). The fourth-order valence-corrected chi connectivity index (χ4v) is 1.33. The lowest BCUT2D eigenvalue weighted by Crippen LogP contribution is -2.35. The molecule has 0 aliphatic rings. The number of rotatable bonds is 4. The Balaban J connectivity index is 2.60. The van der Waals surface area contributed by atoms with E-state index >= 15 is 0 Å². The number of carbonyl (C=O) groups is 1. The van der Waals surface area contributed by atoms with Crippen LogP contribution in [0.3, 0.4) is 0 Å². The maximum absolute atomic E-state index is 11.6. The zero-order valence-corrected chi connectivity index (χ0v) is 8.56. The Morgan fingerprint density at radius 3 is 2.79 bits per heavy atom. The zero-order valence-electron chi connectivity index (χ0n) is 8.56. The van der Waals surface area contributed by atoms with Crippen molar-refractivity contribution < 1.29 is 9.21 Å². The first-order chi connectivity index (χ1) is 6.65. The van der Waals surface area contributed by atoms with Crippen molar-refractivity contribution in [3.8, 4) is 0 Å². The molecule has 1 amide bonds. The first-order valence-electron chi connectivity index (χ1n) is 4.57. The topological polar surface area (TPSA) is 59.5 Å². The van der Waals surface area contributed by atoms with E-state index in [1.807, 2.05) is 6.07 Å². The predicted octanol–water partition coefficient (Wildman–Crippen LogP) is 0.485. The number of nitrogens with two attached hydrogens (primary N) is 1. The summed E-state index contributed by atoms with van der Waals surface area (Å²) in [5.74, 6) is -0.0868. The van der Waals surface area contributed by atoms with Crippen LogP contribution in [0.25, 0.3) is 0 Å². The molecule has 1 unspecified atom stereocenters. The van der Waals surface area contributed by atoms with Gasteiger partial charge in [0.1, 0.15) is 0 Å². The molecule has 0 spiro atoms. The molecule has 14 heavy (non-hydrogen) atoms. The van der Waals surface area contributed by atoms with E-state index in [1.165, 1.54) is 0 Å². The molecule has 0 radical (unpaired) electrons. The highest BCUT2D eigenvalue weighted by Gasteiger charge is 2.19. The number of nitrogens with zero attached hydrogens (tertiary/aromatic N) is 1. The SMILES string of the molecule is CN(C)C(=O)C(CN)Cc1ccoc1. The summed E-state index contributed by atoms with van der Waals surface area (Å²) >= 11 is 0. The van der Waals surface area contributed by atoms with Crippen molar-refractivity contribution in [3.63, 3.8) is 0 Å². The molecule has 4 heteroatoms. The van der Waals surface area contributed by atoms with Crippen LogP contribution in [-0.4, -0.2) is 31.4 Å². The molecule has 0 fully saturated rings. The van der Waals surface area contributed by atoms with E-state index in [-0.39, 0.29) is 11.8 Å². The number of hydrogen-bond acceptors (Lipinski definition) is 3. The molecule has 1 atom stereocenters. The molecular weight excluding hydrogens is 180 g/mol. The summed E-state index contributed by atoms with van der Waals surface area (Å²) in [6, 6.07) is 1.85. The smallest absolute Gasteiger partial charge is 0.226 e. The first kappa shape index (κ1) is 10.8. The second-order valence-electron chi connectivity index (χ2n) is 3.50. The summed E-state index contributed by atoms with van der Waals surface area (Å²) in [6.45, 7) is 0.363. The van der Waals surface area contributed by atoms with Crippen LogP contribution in [0.5, 0.6) is 0 Å². The molecule has 1 heterocycles. The van der Waals surface area contributed by atoms with Crippen molar-refractivity contribution in [1.29, 1.82) is 0 Å². The van der Waals surface area contributed by atoms with E-state index in [9.17, 15) is 4.79 Å². The average molecular weight is 196 g/mol. The van der Waals surface area contributed by atoms with Gasteiger partial charge in [-0.1, -0.05) is 0 Å². The Kier molecular flexibility index (Phi) is 3.71. The fourth-order valence-electron chi connectivity index (χ4n) is 1.33. The van der Waals surface area contributed by atoms with Crippen LogP contribution in [0.4, 0.5) is 0 Å². The van der Waals surface area contributed by atoms with Crippen molar-refractivity contribution in [3.05, 3.63) is 24.2 Å². The van der Waals surface area contributed by atoms with Crippen LogP contribution in [0.15, 0.2) is 23.0 Å². The minimum Gasteiger partial charge on any atom is -0.472 e. The summed E-state index contributed by atoms with van der Waals surface area (Å²) in [6.07, 6.45) is 3.89. The first-order valence-corrected chi connectivity index (χ1v) is 4.57. The number of hydrogen-bond donors (Lipinski definition) is 1. The van der Waals surface area contributed by atoms with Crippen molar-refractivity contribution in [2.75, 3.05) is 20.6 Å². The highest BCUT2D eigenvalue weighted by atomic mass is 16.3. The van der Waals surface area contributed by atoms with E-state index in [4.69, 9.17) is 10.2 Å². The molecule has 0 bridgehead atoms. The largest absolute Gasteiger partial charge is 0.472 e. The van der Waals surface area contributed by atoms with Crippen LogP contribution in [0.1, 0.15) is 5.56 Å². The Morgan fingerprint density at radius 1 is 1.64 bits per heavy atom. The standard InChI is InChI=1S/C10H16N2O2/c1-12(2)10(13)9(6-11)5-8-3-4-14-7-8/h3-4,7,9H,5-6,11H2,1-2H3. The molecular formula is C10H16N2O2. The van der Waals surface area contributed by atoms with Gasteiger partial charge in [-0.3, -0.25) is 4.79 Å². The third-order valence-corrected chi connectivity index (χ3v) is 2.14. The second-order valence-corrected chi connectivity index (χ2v) is 3.50. The minimum absolute atomic E-state index is 0.0636. The Morgan fingerprint density at radius 2 is 2.36 bits per heavy atom. The molecule has 0 aliphatic heterocycles. The van der Waals surface area contributed by atoms with Gasteiger partial charge < -0.3 is 15.1 Å². The Labute approximate surface area is 83.7 Å². The van der Waals surface area contributed by atoms with Gasteiger partial charge in [0.25, 0.3) is 0 Å². The summed E-state index contributed by atoms with van der Waals surface area (Å²) in [4.78, 5) is 13.2. The Bertz CT molecular complexity index is 280. The molecule has 1 aromatic heterocycles. The van der Waals surface area contributed by atoms with Crippen molar-refractivity contribution in [2.45, 2.75) is 6.42 Å². The summed E-state index contributed by atoms with van der Waals surface area (Å²) in [5.41, 5.74) is 6.56. The van der Waals surface area contributed by atoms with Gasteiger partial charge in [0.05, 0.1) is 18.4 Å². The average Bonchev–Trinajstić information content (AvgIpc) is 2.65. The molecule has 4 nitrogen and oxygen atoms in total. The van der Waals surface area contributed by atoms with Crippen LogP contribution in [0.2, 0.25) is 0 Å². The van der Waals surface area contributed by atoms with Crippen LogP contribution >= 0.6 is 0 Å². The van der Waals surface area contributed by atoms with Gasteiger partial charge in [0, 0.05) is 20.6 Å². The van der Waals surface area contributed by atoms with Gasteiger partial charge in [-0.05, 0) is 18.1 Å². The van der Waals surface area contributed by atoms with Gasteiger partial charge in [-0.25, -0.2) is 0 Å². The van der Waals surface area contributed by atoms with Gasteiger partial charge in [0.15, 0.2) is 0 Å². The molecule has 1 aromatic rings. The zero-order chi connectivity index (χ0) is 10.6. The van der Waals surface area contributed by atoms with Crippen LogP contribution in [-0.2, 0) is 11.2 Å². The van der Waals surface area contributed by atoms with E-state index in [0.717, 1.165) is 5.56 Å². The summed E-state index contributed by atoms with van der Waals surface area (Å²) in [7, 11) is 3.47. The molecule has 2 N–H and O–H groups in total. The molecule has 0 aromatic carbocycles. The quantitative estimate of drug-likeness (QED) is 0.762. The van der Waals surface area contributed by atoms with Gasteiger partial charge in [-0.2, -0.15) is 0 Å². The van der Waals surface area contributed by atoms with Crippen molar-refractivity contribution in [1.82, 2.24) is 4.90 Å². The van der Waals surface area contributed by atoms with Gasteiger partial charge in [0.2, 0.25) is 5.91 Å². The maximum atomic E-state index is 11.6. The lowest BCUT2D eigenvalue weighted by molar-refractivity contribution is -0.132. The van der Waals surface area contributed by atoms with E-state index < -0.39 is 0 Å². The lowest BCUT2D eigenvalue weighted by atomic mass is 10.0. The van der Waals surface area contributed by atoms with Crippen LogP contribution in [0, 0.1) is 5.92 Å². The fraction of sp³-hybridized carbons (Fsp3) is 0.500. The molecule has 0 aliphatic carbocycles. The maximum Gasteiger partial charge on any atom is 0.226 e. The number of amides is 1. The highest BCUT2D eigenvalue weighted by molar-refractivity contribution is 5.78. The third-order valence-electron chi connectivity index (χ3n) is 2.14. The predicted molar refractivity (Wildman–Crippen MR) is 53.7 cm³/mol. The number of carbonyl (C=O) groups excluding carboxylic acids is 1. The number of furan rings is 1. The Hall–Kier alpha value is -1.29. The third kappa shape index (κ3) is 2.60. The van der Waals surface area contributed by atoms with Gasteiger partial charge in [-0.15, -0.1) is 0 Å². The van der Waals surface area contributed by atoms with Crippen LogP contribution < -0.4 is 5.73 Å². The summed E-state index contributed by atoms with van der Waals surface area (Å²) in [5, 5.41) is 0. The monoisotopic (exact) mass is 196 g/mol. The van der Waals surface area contributed by atoms with E-state index in [2.05, 4.69) is 0 Å².